The van der Waals surface area contributed by atoms with E-state index in [2.05, 4.69) is 15.8 Å². The number of aromatic hydroxyl groups is 1. The van der Waals surface area contributed by atoms with Crippen molar-refractivity contribution in [2.45, 2.75) is 58.3 Å². The fourth-order valence-corrected chi connectivity index (χ4v) is 9.50. The Morgan fingerprint density at radius 1 is 1.12 bits per heavy atom. The van der Waals surface area contributed by atoms with Gasteiger partial charge in [0.2, 0.25) is 5.91 Å². The van der Waals surface area contributed by atoms with Gasteiger partial charge >= 0.3 is 6.01 Å². The van der Waals surface area contributed by atoms with Crippen LogP contribution in [-0.4, -0.2) is 76.9 Å². The fourth-order valence-electron chi connectivity index (χ4n) is 9.50. The van der Waals surface area contributed by atoms with Crippen LogP contribution in [0.2, 0.25) is 0 Å². The number of aromatic nitrogens is 3. The minimum Gasteiger partial charge on any atom is -0.508 e. The topological polar surface area (TPSA) is 101 Å². The van der Waals surface area contributed by atoms with Crippen LogP contribution in [0.1, 0.15) is 63.9 Å². The molecule has 4 fully saturated rings. The maximum atomic E-state index is 17.0. The number of likely N-dealkylation sites (tertiary alicyclic amines) is 1. The molecular weight excluding hydrogens is 652 g/mol. The number of phenols is 1. The van der Waals surface area contributed by atoms with E-state index < -0.39 is 11.6 Å². The van der Waals surface area contributed by atoms with E-state index in [0.29, 0.717) is 67.3 Å². The monoisotopic (exact) mass is 695 g/mol. The Morgan fingerprint density at radius 3 is 2.75 bits per heavy atom. The number of carbonyl (C=O) groups is 1. The SMILES string of the molecule is C#Cc1c(F)ccc2cc(O)cc(-c3ncc4c(N5CCCOCC5)nc(OC[C@@]56CCCC(CC7CN(C(C)=O)C7)[C@@H]5CCC6)nc4c3F)c12. The first-order chi connectivity index (χ1) is 24.7. The maximum Gasteiger partial charge on any atom is 0.319 e. The van der Waals surface area contributed by atoms with Crippen molar-refractivity contribution in [2.75, 3.05) is 50.9 Å². The van der Waals surface area contributed by atoms with Crippen molar-refractivity contribution in [3.63, 3.8) is 0 Å². The van der Waals surface area contributed by atoms with Crippen molar-refractivity contribution in [3.8, 4) is 35.4 Å². The molecule has 2 saturated carbocycles. The van der Waals surface area contributed by atoms with E-state index in [1.165, 1.54) is 36.9 Å². The Balaban J connectivity index is 1.16. The lowest BCUT2D eigenvalue weighted by Crippen LogP contribution is -2.50. The summed E-state index contributed by atoms with van der Waals surface area (Å²) in [4.78, 5) is 29.9. The largest absolute Gasteiger partial charge is 0.508 e. The predicted molar refractivity (Wildman–Crippen MR) is 190 cm³/mol. The van der Waals surface area contributed by atoms with Gasteiger partial charge < -0.3 is 24.4 Å². The van der Waals surface area contributed by atoms with Gasteiger partial charge in [-0.15, -0.1) is 6.42 Å². The van der Waals surface area contributed by atoms with Crippen LogP contribution in [0.5, 0.6) is 11.8 Å². The first-order valence-corrected chi connectivity index (χ1v) is 18.2. The second-order valence-electron chi connectivity index (χ2n) is 15.0. The zero-order chi connectivity index (χ0) is 35.3. The predicted octanol–water partition coefficient (Wildman–Crippen LogP) is 6.87. The minimum absolute atomic E-state index is 0.0000216. The molecule has 8 rings (SSSR count). The number of rotatable bonds is 7. The molecule has 11 heteroatoms. The van der Waals surface area contributed by atoms with Gasteiger partial charge in [-0.1, -0.05) is 31.2 Å². The normalized spacial score (nSPS) is 23.9. The molecule has 0 radical (unpaired) electrons. The summed E-state index contributed by atoms with van der Waals surface area (Å²) in [6, 6.07) is 5.65. The Labute approximate surface area is 296 Å². The van der Waals surface area contributed by atoms with Gasteiger partial charge in [-0.3, -0.25) is 9.78 Å². The van der Waals surface area contributed by atoms with Crippen molar-refractivity contribution >= 4 is 33.4 Å². The molecule has 0 bridgehead atoms. The molecule has 4 aliphatic rings. The highest BCUT2D eigenvalue weighted by Crippen LogP contribution is 2.56. The molecule has 1 amide bonds. The highest BCUT2D eigenvalue weighted by Gasteiger charge is 2.50. The van der Waals surface area contributed by atoms with Crippen molar-refractivity contribution in [1.82, 2.24) is 19.9 Å². The molecule has 4 heterocycles. The number of nitrogens with zero attached hydrogens (tertiary/aromatic N) is 5. The number of terminal acetylenes is 1. The summed E-state index contributed by atoms with van der Waals surface area (Å²) in [5, 5.41) is 11.8. The smallest absolute Gasteiger partial charge is 0.319 e. The third kappa shape index (κ3) is 6.11. The van der Waals surface area contributed by atoms with E-state index in [-0.39, 0.29) is 50.8 Å². The average Bonchev–Trinajstić information content (AvgIpc) is 3.35. The van der Waals surface area contributed by atoms with Crippen LogP contribution in [0.25, 0.3) is 32.9 Å². The molecule has 2 saturated heterocycles. The second-order valence-corrected chi connectivity index (χ2v) is 15.0. The highest BCUT2D eigenvalue weighted by atomic mass is 19.1. The summed E-state index contributed by atoms with van der Waals surface area (Å²) in [5.41, 5.74) is 0.0541. The molecule has 1 N–H and O–H groups in total. The lowest BCUT2D eigenvalue weighted by atomic mass is 9.61. The van der Waals surface area contributed by atoms with E-state index in [4.69, 9.17) is 25.9 Å². The molecule has 2 aliphatic carbocycles. The van der Waals surface area contributed by atoms with E-state index in [0.717, 1.165) is 58.0 Å². The first kappa shape index (κ1) is 33.6. The summed E-state index contributed by atoms with van der Waals surface area (Å²) in [6.07, 6.45) is 16.0. The van der Waals surface area contributed by atoms with E-state index in [1.54, 1.807) is 6.92 Å². The number of halogens is 2. The molecule has 266 valence electrons. The van der Waals surface area contributed by atoms with Gasteiger partial charge in [0, 0.05) is 62.3 Å². The van der Waals surface area contributed by atoms with Crippen molar-refractivity contribution in [3.05, 3.63) is 47.7 Å². The Bertz CT molecular complexity index is 2040. The molecule has 2 aromatic carbocycles. The number of amides is 1. The van der Waals surface area contributed by atoms with Crippen LogP contribution < -0.4 is 9.64 Å². The van der Waals surface area contributed by atoms with Crippen LogP contribution in [0.4, 0.5) is 14.6 Å². The van der Waals surface area contributed by atoms with E-state index >= 15 is 4.39 Å². The molecule has 2 aromatic heterocycles. The number of fused-ring (bicyclic) bond motifs is 3. The van der Waals surface area contributed by atoms with Gasteiger partial charge in [-0.2, -0.15) is 9.97 Å². The third-order valence-electron chi connectivity index (χ3n) is 11.9. The fraction of sp³-hybridized carbons (Fsp3) is 0.500. The number of hydrogen-bond acceptors (Lipinski definition) is 8. The minimum atomic E-state index is -0.735. The zero-order valence-corrected chi connectivity index (χ0v) is 29.0. The van der Waals surface area contributed by atoms with Gasteiger partial charge in [0.25, 0.3) is 0 Å². The first-order valence-electron chi connectivity index (χ1n) is 18.2. The van der Waals surface area contributed by atoms with Crippen LogP contribution in [-0.2, 0) is 9.53 Å². The standard InChI is InChI=1S/C40H43F2N5O4/c1-3-29-33(41)10-9-27-18-28(49)19-30(34(27)29)36-35(42)37-31(20-43-36)38(46-13-6-15-50-16-14-46)45-39(44-37)51-23-40-11-4-7-26(32(40)8-5-12-40)17-25-21-47(22-25)24(2)48/h1,9-10,18-20,25-26,32,49H,4-8,11-17,21-23H2,2H3/t26?,32-,40-/m0/s1. The molecular formula is C40H43F2N5O4. The number of carbonyl (C=O) groups excluding carboxylic acids is 1. The highest BCUT2D eigenvalue weighted by molar-refractivity contribution is 6.03. The summed E-state index contributed by atoms with van der Waals surface area (Å²) < 4.78 is 44.2. The summed E-state index contributed by atoms with van der Waals surface area (Å²) >= 11 is 0. The number of benzene rings is 2. The van der Waals surface area contributed by atoms with Crippen LogP contribution in [0, 0.1) is 47.1 Å². The van der Waals surface area contributed by atoms with Crippen molar-refractivity contribution < 1.29 is 28.2 Å². The number of pyridine rings is 1. The third-order valence-corrected chi connectivity index (χ3v) is 11.9. The van der Waals surface area contributed by atoms with Gasteiger partial charge in [-0.25, -0.2) is 8.78 Å². The molecule has 9 nitrogen and oxygen atoms in total. The second kappa shape index (κ2) is 13.5. The summed E-state index contributed by atoms with van der Waals surface area (Å²) in [6.45, 7) is 6.16. The Kier molecular flexibility index (Phi) is 8.91. The van der Waals surface area contributed by atoms with E-state index in [1.807, 2.05) is 4.90 Å². The lowest BCUT2D eigenvalue weighted by Gasteiger charge is -2.47. The molecule has 51 heavy (non-hydrogen) atoms. The Hall–Kier alpha value is -4.56. The van der Waals surface area contributed by atoms with Gasteiger partial charge in [-0.05, 0) is 73.4 Å². The maximum absolute atomic E-state index is 17.0. The quantitative estimate of drug-likeness (QED) is 0.209. The summed E-state index contributed by atoms with van der Waals surface area (Å²) in [5.74, 6) is 3.26. The summed E-state index contributed by atoms with van der Waals surface area (Å²) in [7, 11) is 0. The number of ether oxygens (including phenoxy) is 2. The molecule has 0 spiro atoms. The number of hydrogen-bond donors (Lipinski definition) is 1. The van der Waals surface area contributed by atoms with Gasteiger partial charge in [0.1, 0.15) is 28.6 Å². The van der Waals surface area contributed by atoms with Crippen LogP contribution in [0.3, 0.4) is 0 Å². The van der Waals surface area contributed by atoms with Gasteiger partial charge in [0.05, 0.1) is 24.2 Å². The van der Waals surface area contributed by atoms with Crippen molar-refractivity contribution in [2.24, 2.45) is 23.2 Å². The number of anilines is 1. The van der Waals surface area contributed by atoms with E-state index in [9.17, 15) is 14.3 Å². The molecule has 3 atom stereocenters. The molecule has 2 aliphatic heterocycles. The van der Waals surface area contributed by atoms with Gasteiger partial charge in [0.15, 0.2) is 5.82 Å². The molecule has 4 aromatic rings. The average molecular weight is 696 g/mol. The van der Waals surface area contributed by atoms with Crippen molar-refractivity contribution in [1.29, 1.82) is 0 Å². The Morgan fingerprint density at radius 2 is 1.94 bits per heavy atom. The zero-order valence-electron chi connectivity index (χ0n) is 29.0. The van der Waals surface area contributed by atoms with Crippen LogP contribution in [0.15, 0.2) is 30.5 Å². The van der Waals surface area contributed by atoms with Crippen LogP contribution >= 0.6 is 0 Å². The lowest BCUT2D eigenvalue weighted by molar-refractivity contribution is -0.135. The molecule has 1 unspecified atom stereocenters. The number of phenolic OH excluding ortho intramolecular Hbond substituents is 1.